The molecule has 5 unspecified atom stereocenters. The summed E-state index contributed by atoms with van der Waals surface area (Å²) in [6.07, 6.45) is 83.8. The summed E-state index contributed by atoms with van der Waals surface area (Å²) < 4.78 is 61.0. The van der Waals surface area contributed by atoms with Crippen molar-refractivity contribution >= 4 is 33.6 Å². The van der Waals surface area contributed by atoms with E-state index in [0.29, 0.717) is 19.3 Å². The van der Waals surface area contributed by atoms with Gasteiger partial charge in [0.25, 0.3) is 0 Å². The summed E-state index contributed by atoms with van der Waals surface area (Å²) in [5.74, 6) is -1.62. The topological polar surface area (TPSA) is 231 Å². The number of esters is 3. The first kappa shape index (κ1) is 93.0. The lowest BCUT2D eigenvalue weighted by atomic mass is 10.1. The number of rotatable bonds is 71. The highest BCUT2D eigenvalue weighted by atomic mass is 31.2. The van der Waals surface area contributed by atoms with Crippen molar-refractivity contribution in [1.82, 2.24) is 0 Å². The molecule has 16 nitrogen and oxygen atoms in total. The number of ether oxygens (including phenoxy) is 3. The van der Waals surface area contributed by atoms with E-state index in [-0.39, 0.29) is 19.3 Å². The fourth-order valence-corrected chi connectivity index (χ4v) is 11.4. The second-order valence-corrected chi connectivity index (χ2v) is 28.0. The highest BCUT2D eigenvalue weighted by molar-refractivity contribution is 7.47. The average Bonchev–Trinajstić information content (AvgIpc) is 1.82. The van der Waals surface area contributed by atoms with Gasteiger partial charge in [0.1, 0.15) is 25.4 Å². The highest BCUT2D eigenvalue weighted by Gasteiger charge is 2.29. The largest absolute Gasteiger partial charge is 0.472 e. The van der Waals surface area contributed by atoms with Crippen LogP contribution in [0.4, 0.5) is 0 Å². The lowest BCUT2D eigenvalue weighted by Crippen LogP contribution is -2.30. The van der Waals surface area contributed by atoms with E-state index in [9.17, 15) is 43.5 Å². The molecule has 18 heteroatoms. The number of phosphoric acid groups is 2. The molecule has 4 N–H and O–H groups in total. The van der Waals surface area contributed by atoms with E-state index in [1.165, 1.54) is 96.3 Å². The van der Waals surface area contributed by atoms with Crippen LogP contribution in [-0.4, -0.2) is 95.9 Å². The lowest BCUT2D eigenvalue weighted by Gasteiger charge is -2.21. The van der Waals surface area contributed by atoms with Gasteiger partial charge in [0.2, 0.25) is 0 Å². The van der Waals surface area contributed by atoms with Crippen LogP contribution in [0.15, 0.2) is 122 Å². The molecule has 0 aromatic carbocycles. The molecule has 0 aromatic rings. The first-order valence-electron chi connectivity index (χ1n) is 37.8. The van der Waals surface area contributed by atoms with Gasteiger partial charge in [0.05, 0.1) is 26.4 Å². The second-order valence-electron chi connectivity index (χ2n) is 25.1. The van der Waals surface area contributed by atoms with Gasteiger partial charge in [-0.1, -0.05) is 264 Å². The number of phosphoric ester groups is 2. The van der Waals surface area contributed by atoms with Crippen LogP contribution in [0, 0.1) is 0 Å². The van der Waals surface area contributed by atoms with Gasteiger partial charge in [-0.15, -0.1) is 0 Å². The number of hydrogen-bond donors (Lipinski definition) is 4. The third kappa shape index (κ3) is 73.0. The van der Waals surface area contributed by atoms with E-state index in [1.807, 2.05) is 0 Å². The molecule has 0 aliphatic carbocycles. The molecule has 0 amide bonds. The molecule has 558 valence electrons. The van der Waals surface area contributed by atoms with Gasteiger partial charge in [-0.25, -0.2) is 9.13 Å². The number of hydrogen-bond acceptors (Lipinski definition) is 14. The Morgan fingerprint density at radius 2 is 0.515 bits per heavy atom. The van der Waals surface area contributed by atoms with Crippen LogP contribution in [0.3, 0.4) is 0 Å². The molecule has 97 heavy (non-hydrogen) atoms. The Balaban J connectivity index is 4.63. The minimum atomic E-state index is -4.94. The van der Waals surface area contributed by atoms with Crippen molar-refractivity contribution in [2.75, 3.05) is 39.6 Å². The third-order valence-corrected chi connectivity index (χ3v) is 17.5. The molecular formula is C79H136O16P2. The smallest absolute Gasteiger partial charge is 0.463 e. The molecule has 0 fully saturated rings. The average molecular weight is 1400 g/mol. The number of aliphatic hydroxyl groups is 2. The minimum Gasteiger partial charge on any atom is -0.463 e. The maximum Gasteiger partial charge on any atom is 0.472 e. The van der Waals surface area contributed by atoms with E-state index in [2.05, 4.69) is 142 Å². The number of carbonyl (C=O) groups excluding carboxylic acids is 3. The quantitative estimate of drug-likeness (QED) is 0.0146. The normalized spacial score (nSPS) is 14.8. The third-order valence-electron chi connectivity index (χ3n) is 15.6. The predicted molar refractivity (Wildman–Crippen MR) is 399 cm³/mol. The zero-order valence-electron chi connectivity index (χ0n) is 60.7. The van der Waals surface area contributed by atoms with Crippen LogP contribution < -0.4 is 0 Å². The summed E-state index contributed by atoms with van der Waals surface area (Å²) >= 11 is 0. The molecule has 0 saturated heterocycles. The maximum atomic E-state index is 12.9. The molecule has 0 radical (unpaired) electrons. The molecule has 0 spiro atoms. The molecule has 5 atom stereocenters. The standard InChI is InChI=1S/C79H136O16P2/c1-4-7-10-13-16-19-22-25-28-30-32-34-35-36-37-39-41-42-45-47-50-53-56-59-62-65-77(82)89-68-74(80)69-91-96(85,86)92-70-75(81)71-93-97(87,88)94-73-76(95-79(84)67-64-61-58-55-52-49-44-27-24-21-18-15-12-9-6-3)72-90-78(83)66-63-60-57-54-51-48-46-43-40-38-33-31-29-26-23-20-17-14-11-8-5-2/h16-21,25-29,32-34,36-38,43-44,46,74-76,80-81H,4-15,22-24,30-31,35,39-42,45,47-73H2,1-3H3,(H,85,86)(H,87,88)/b19-16-,20-17-,21-18-,28-25-,29-26-,34-32-,37-36-,38-33-,44-27-,46-43-. The molecule has 0 aliphatic rings. The first-order valence-corrected chi connectivity index (χ1v) is 40.8. The van der Waals surface area contributed by atoms with Crippen LogP contribution in [-0.2, 0) is 55.8 Å². The minimum absolute atomic E-state index is 0.0816. The van der Waals surface area contributed by atoms with Crippen LogP contribution >= 0.6 is 15.6 Å². The van der Waals surface area contributed by atoms with Crippen LogP contribution in [0.5, 0.6) is 0 Å². The molecule has 0 aliphatic heterocycles. The summed E-state index contributed by atoms with van der Waals surface area (Å²) in [5, 5.41) is 20.6. The van der Waals surface area contributed by atoms with E-state index in [1.54, 1.807) is 0 Å². The lowest BCUT2D eigenvalue weighted by molar-refractivity contribution is -0.161. The molecule has 0 heterocycles. The SMILES string of the molecule is CCCCC/C=C\C/C=C\C/C=C\C/C=C\CCCCCCCCCCCC(=O)OCC(O)COP(=O)(O)OCC(O)COP(=O)(O)OCC(COC(=O)CCCCCCC/C=C\C/C=C\C/C=C\C/C=C\CCCCC)OC(=O)CCCCCCC/C=C\C/C=C\CCCCC. The van der Waals surface area contributed by atoms with Crippen molar-refractivity contribution in [1.29, 1.82) is 0 Å². The van der Waals surface area contributed by atoms with Crippen molar-refractivity contribution < 1.29 is 75.8 Å². The van der Waals surface area contributed by atoms with Crippen LogP contribution in [0.2, 0.25) is 0 Å². The van der Waals surface area contributed by atoms with Crippen LogP contribution in [0.1, 0.15) is 303 Å². The van der Waals surface area contributed by atoms with Gasteiger partial charge in [-0.2, -0.15) is 0 Å². The van der Waals surface area contributed by atoms with E-state index in [0.717, 1.165) is 148 Å². The maximum absolute atomic E-state index is 12.9. The van der Waals surface area contributed by atoms with Gasteiger partial charge < -0.3 is 34.2 Å². The fraction of sp³-hybridized carbons (Fsp3) is 0.709. The summed E-state index contributed by atoms with van der Waals surface area (Å²) in [6.45, 7) is 2.55. The first-order chi connectivity index (χ1) is 47.2. The van der Waals surface area contributed by atoms with Crippen molar-refractivity contribution in [3.05, 3.63) is 122 Å². The van der Waals surface area contributed by atoms with Gasteiger partial charge >= 0.3 is 33.6 Å². The van der Waals surface area contributed by atoms with Gasteiger partial charge in [-0.3, -0.25) is 32.5 Å². The number of aliphatic hydroxyl groups excluding tert-OH is 2. The monoisotopic (exact) mass is 1400 g/mol. The highest BCUT2D eigenvalue weighted by Crippen LogP contribution is 2.45. The Labute approximate surface area is 589 Å². The van der Waals surface area contributed by atoms with Gasteiger partial charge in [0, 0.05) is 19.3 Å². The number of allylic oxidation sites excluding steroid dienone is 20. The zero-order valence-corrected chi connectivity index (χ0v) is 62.5. The molecule has 0 aromatic heterocycles. The van der Waals surface area contributed by atoms with E-state index >= 15 is 0 Å². The zero-order chi connectivity index (χ0) is 70.9. The Bertz CT molecular complexity index is 2250. The Morgan fingerprint density at radius 3 is 0.814 bits per heavy atom. The summed E-state index contributed by atoms with van der Waals surface area (Å²) in [6, 6.07) is 0. The summed E-state index contributed by atoms with van der Waals surface area (Å²) in [7, 11) is -9.80. The van der Waals surface area contributed by atoms with Crippen molar-refractivity contribution in [3.8, 4) is 0 Å². The predicted octanol–water partition coefficient (Wildman–Crippen LogP) is 21.8. The van der Waals surface area contributed by atoms with Gasteiger partial charge in [-0.05, 0) is 141 Å². The molecule has 0 saturated carbocycles. The summed E-state index contributed by atoms with van der Waals surface area (Å²) in [5.41, 5.74) is 0. The van der Waals surface area contributed by atoms with E-state index in [4.69, 9.17) is 32.3 Å². The Morgan fingerprint density at radius 1 is 0.289 bits per heavy atom. The second kappa shape index (κ2) is 71.8. The Kier molecular flexibility index (Phi) is 68.8. The van der Waals surface area contributed by atoms with E-state index < -0.39 is 91.5 Å². The number of unbranched alkanes of at least 4 members (excludes halogenated alkanes) is 28. The summed E-state index contributed by atoms with van der Waals surface area (Å²) in [4.78, 5) is 58.6. The van der Waals surface area contributed by atoms with Crippen LogP contribution in [0.25, 0.3) is 0 Å². The Hall–Kier alpha value is -4.05. The van der Waals surface area contributed by atoms with Crippen molar-refractivity contribution in [2.24, 2.45) is 0 Å². The molecular weight excluding hydrogens is 1270 g/mol. The van der Waals surface area contributed by atoms with Crippen molar-refractivity contribution in [2.45, 2.75) is 322 Å². The van der Waals surface area contributed by atoms with Crippen molar-refractivity contribution in [3.63, 3.8) is 0 Å². The number of carbonyl (C=O) groups is 3. The molecule has 0 bridgehead atoms. The van der Waals surface area contributed by atoms with Gasteiger partial charge in [0.15, 0.2) is 6.10 Å². The molecule has 0 rings (SSSR count). The fourth-order valence-electron chi connectivity index (χ4n) is 9.80.